The third-order valence-electron chi connectivity index (χ3n) is 3.78. The molecule has 9 heteroatoms. The summed E-state index contributed by atoms with van der Waals surface area (Å²) in [6.45, 7) is 1.87. The van der Waals surface area contributed by atoms with Gasteiger partial charge in [-0.1, -0.05) is 12.1 Å². The fraction of sp³-hybridized carbons (Fsp3) is 0.111. The van der Waals surface area contributed by atoms with Crippen LogP contribution in [0.25, 0.3) is 11.3 Å². The van der Waals surface area contributed by atoms with Crippen molar-refractivity contribution in [1.82, 2.24) is 4.98 Å². The first-order valence-corrected chi connectivity index (χ1v) is 10.2. The Morgan fingerprint density at radius 2 is 1.78 bits per heavy atom. The Bertz CT molecular complexity index is 1080. The first kappa shape index (κ1) is 19.2. The summed E-state index contributed by atoms with van der Waals surface area (Å²) in [4.78, 5) is 17.5. The molecule has 140 valence electrons. The average Bonchev–Trinajstić information content (AvgIpc) is 2.95. The second kappa shape index (κ2) is 7.55. The molecule has 0 unspecified atom stereocenters. The standard InChI is InChI=1S/C18H16FN3O3S2/c1-11-17(13-4-6-14(19)7-5-13)22-18(26-11)21-16(23)10-12-2-8-15(9-3-12)27(20,24)25/h2-9H,10H2,1H3,(H2,20,24,25)(H,21,22,23). The first-order chi connectivity index (χ1) is 12.7. The molecule has 0 bridgehead atoms. The Morgan fingerprint density at radius 1 is 1.15 bits per heavy atom. The lowest BCUT2D eigenvalue weighted by Crippen LogP contribution is -2.15. The highest BCUT2D eigenvalue weighted by Gasteiger charge is 2.13. The molecule has 0 fully saturated rings. The van der Waals surface area contributed by atoms with Crippen LogP contribution in [0.5, 0.6) is 0 Å². The molecular weight excluding hydrogens is 389 g/mol. The number of halogens is 1. The molecule has 0 aliphatic rings. The summed E-state index contributed by atoms with van der Waals surface area (Å²) in [5, 5.41) is 8.22. The number of anilines is 1. The van der Waals surface area contributed by atoms with Crippen molar-refractivity contribution >= 4 is 32.4 Å². The van der Waals surface area contributed by atoms with Gasteiger partial charge in [-0.2, -0.15) is 0 Å². The summed E-state index contributed by atoms with van der Waals surface area (Å²) >= 11 is 1.33. The Hall–Kier alpha value is -2.62. The molecular formula is C18H16FN3O3S2. The van der Waals surface area contributed by atoms with Crippen molar-refractivity contribution in [2.45, 2.75) is 18.2 Å². The fourth-order valence-electron chi connectivity index (χ4n) is 2.47. The highest BCUT2D eigenvalue weighted by molar-refractivity contribution is 7.89. The van der Waals surface area contributed by atoms with Gasteiger partial charge in [0.1, 0.15) is 5.82 Å². The quantitative estimate of drug-likeness (QED) is 0.681. The molecule has 0 aliphatic heterocycles. The number of nitrogens with two attached hydrogens (primary N) is 1. The van der Waals surface area contributed by atoms with Crippen LogP contribution in [0, 0.1) is 12.7 Å². The summed E-state index contributed by atoms with van der Waals surface area (Å²) in [5.41, 5.74) is 2.10. The number of rotatable bonds is 5. The summed E-state index contributed by atoms with van der Waals surface area (Å²) in [5.74, 6) is -0.605. The highest BCUT2D eigenvalue weighted by atomic mass is 32.2. The molecule has 0 aliphatic carbocycles. The van der Waals surface area contributed by atoms with Gasteiger partial charge >= 0.3 is 0 Å². The number of aryl methyl sites for hydroxylation is 1. The van der Waals surface area contributed by atoms with E-state index in [1.165, 1.54) is 47.7 Å². The van der Waals surface area contributed by atoms with Crippen molar-refractivity contribution in [2.24, 2.45) is 5.14 Å². The minimum atomic E-state index is -3.76. The van der Waals surface area contributed by atoms with Gasteiger partial charge in [0, 0.05) is 10.4 Å². The highest BCUT2D eigenvalue weighted by Crippen LogP contribution is 2.30. The van der Waals surface area contributed by atoms with Crippen molar-refractivity contribution in [3.8, 4) is 11.3 Å². The zero-order chi connectivity index (χ0) is 19.6. The number of nitrogens with zero attached hydrogens (tertiary/aromatic N) is 1. The van der Waals surface area contributed by atoms with Crippen molar-refractivity contribution in [1.29, 1.82) is 0 Å². The predicted molar refractivity (Wildman–Crippen MR) is 102 cm³/mol. The van der Waals surface area contributed by atoms with Gasteiger partial charge in [-0.15, -0.1) is 11.3 Å². The lowest BCUT2D eigenvalue weighted by molar-refractivity contribution is -0.115. The number of hydrogen-bond acceptors (Lipinski definition) is 5. The van der Waals surface area contributed by atoms with E-state index in [1.807, 2.05) is 6.92 Å². The molecule has 1 amide bonds. The molecule has 6 nitrogen and oxygen atoms in total. The van der Waals surface area contributed by atoms with Crippen molar-refractivity contribution in [3.63, 3.8) is 0 Å². The summed E-state index contributed by atoms with van der Waals surface area (Å²) < 4.78 is 35.6. The van der Waals surface area contributed by atoms with Crippen LogP contribution in [0.3, 0.4) is 0 Å². The molecule has 1 aromatic heterocycles. The third-order valence-corrected chi connectivity index (χ3v) is 5.59. The number of carbonyl (C=O) groups is 1. The summed E-state index contributed by atoms with van der Waals surface area (Å²) in [6.07, 6.45) is 0.0649. The van der Waals surface area contributed by atoms with Crippen molar-refractivity contribution in [2.75, 3.05) is 5.32 Å². The van der Waals surface area contributed by atoms with Crippen LogP contribution >= 0.6 is 11.3 Å². The van der Waals surface area contributed by atoms with Crippen LogP contribution in [0.4, 0.5) is 9.52 Å². The molecule has 3 aromatic rings. The van der Waals surface area contributed by atoms with E-state index in [2.05, 4.69) is 10.3 Å². The molecule has 3 rings (SSSR count). The predicted octanol–water partition coefficient (Wildman–Crippen LogP) is 3.09. The lowest BCUT2D eigenvalue weighted by atomic mass is 10.1. The minimum Gasteiger partial charge on any atom is -0.302 e. The summed E-state index contributed by atoms with van der Waals surface area (Å²) in [7, 11) is -3.76. The lowest BCUT2D eigenvalue weighted by Gasteiger charge is -2.03. The number of benzene rings is 2. The summed E-state index contributed by atoms with van der Waals surface area (Å²) in [6, 6.07) is 11.8. The second-order valence-electron chi connectivity index (χ2n) is 5.84. The van der Waals surface area contributed by atoms with E-state index >= 15 is 0 Å². The van der Waals surface area contributed by atoms with Crippen molar-refractivity contribution in [3.05, 3.63) is 64.8 Å². The molecule has 27 heavy (non-hydrogen) atoms. The zero-order valence-corrected chi connectivity index (χ0v) is 15.9. The maximum Gasteiger partial charge on any atom is 0.238 e. The van der Waals surface area contributed by atoms with Gasteiger partial charge in [-0.3, -0.25) is 4.79 Å². The van der Waals surface area contributed by atoms with Crippen LogP contribution in [0.15, 0.2) is 53.4 Å². The molecule has 1 heterocycles. The molecule has 0 saturated carbocycles. The van der Waals surface area contributed by atoms with Crippen LogP contribution in [0.2, 0.25) is 0 Å². The van der Waals surface area contributed by atoms with Crippen molar-refractivity contribution < 1.29 is 17.6 Å². The van der Waals surface area contributed by atoms with Gasteiger partial charge in [-0.25, -0.2) is 22.9 Å². The van der Waals surface area contributed by atoms with Gasteiger partial charge in [0.25, 0.3) is 0 Å². The largest absolute Gasteiger partial charge is 0.302 e. The number of sulfonamides is 1. The van der Waals surface area contributed by atoms with E-state index in [0.29, 0.717) is 16.4 Å². The minimum absolute atomic E-state index is 0.00820. The second-order valence-corrected chi connectivity index (χ2v) is 8.61. The maximum absolute atomic E-state index is 13.1. The Morgan fingerprint density at radius 3 is 2.37 bits per heavy atom. The normalized spacial score (nSPS) is 11.4. The zero-order valence-electron chi connectivity index (χ0n) is 14.3. The van der Waals surface area contributed by atoms with E-state index in [9.17, 15) is 17.6 Å². The number of aromatic nitrogens is 1. The van der Waals surface area contributed by atoms with E-state index in [1.54, 1.807) is 12.1 Å². The molecule has 3 N–H and O–H groups in total. The first-order valence-electron chi connectivity index (χ1n) is 7.87. The third kappa shape index (κ3) is 4.76. The maximum atomic E-state index is 13.1. The molecule has 0 spiro atoms. The molecule has 0 radical (unpaired) electrons. The Balaban J connectivity index is 1.69. The molecule has 0 saturated heterocycles. The Kier molecular flexibility index (Phi) is 5.36. The molecule has 0 atom stereocenters. The van der Waals surface area contributed by atoms with E-state index < -0.39 is 10.0 Å². The number of nitrogens with one attached hydrogen (secondary N) is 1. The van der Waals surface area contributed by atoms with E-state index in [4.69, 9.17) is 5.14 Å². The number of primary sulfonamides is 1. The van der Waals surface area contributed by atoms with E-state index in [0.717, 1.165) is 10.4 Å². The van der Waals surface area contributed by atoms with Crippen LogP contribution in [-0.4, -0.2) is 19.3 Å². The number of hydrogen-bond donors (Lipinski definition) is 2. The average molecular weight is 405 g/mol. The molecule has 2 aromatic carbocycles. The van der Waals surface area contributed by atoms with Gasteiger partial charge in [0.15, 0.2) is 5.13 Å². The van der Waals surface area contributed by atoms with Gasteiger partial charge in [0.05, 0.1) is 17.0 Å². The smallest absolute Gasteiger partial charge is 0.238 e. The Labute approximate surface area is 159 Å². The van der Waals surface area contributed by atoms with Crippen LogP contribution < -0.4 is 10.5 Å². The van der Waals surface area contributed by atoms with Gasteiger partial charge in [0.2, 0.25) is 15.9 Å². The fourth-order valence-corrected chi connectivity index (χ4v) is 3.84. The van der Waals surface area contributed by atoms with Gasteiger partial charge in [-0.05, 0) is 48.9 Å². The van der Waals surface area contributed by atoms with Gasteiger partial charge < -0.3 is 5.32 Å². The monoisotopic (exact) mass is 405 g/mol. The number of amides is 1. The topological polar surface area (TPSA) is 102 Å². The number of thiazole rings is 1. The van der Waals surface area contributed by atoms with Crippen LogP contribution in [-0.2, 0) is 21.2 Å². The van der Waals surface area contributed by atoms with E-state index in [-0.39, 0.29) is 23.0 Å². The van der Waals surface area contributed by atoms with Crippen LogP contribution in [0.1, 0.15) is 10.4 Å². The number of carbonyl (C=O) groups excluding carboxylic acids is 1. The SMILES string of the molecule is Cc1sc(NC(=O)Cc2ccc(S(N)(=O)=O)cc2)nc1-c1ccc(F)cc1.